The molecule has 0 bridgehead atoms. The first kappa shape index (κ1) is 12.3. The van der Waals surface area contributed by atoms with Crippen molar-refractivity contribution in [2.24, 2.45) is 5.73 Å². The van der Waals surface area contributed by atoms with Crippen molar-refractivity contribution in [1.29, 1.82) is 0 Å². The molecule has 7 nitrogen and oxygen atoms in total. The van der Waals surface area contributed by atoms with Gasteiger partial charge in [-0.15, -0.1) is 0 Å². The van der Waals surface area contributed by atoms with Gasteiger partial charge in [-0.05, 0) is 6.42 Å². The lowest BCUT2D eigenvalue weighted by Gasteiger charge is -2.28. The fourth-order valence-corrected chi connectivity index (χ4v) is 1.79. The summed E-state index contributed by atoms with van der Waals surface area (Å²) in [4.78, 5) is 40.7. The van der Waals surface area contributed by atoms with Gasteiger partial charge in [0.25, 0.3) is 0 Å². The third-order valence-electron chi connectivity index (χ3n) is 2.17. The van der Waals surface area contributed by atoms with Crippen LogP contribution in [-0.4, -0.2) is 45.2 Å². The van der Waals surface area contributed by atoms with Gasteiger partial charge in [0.05, 0.1) is 12.2 Å². The summed E-state index contributed by atoms with van der Waals surface area (Å²) in [6.45, 7) is -0.268. The average molecular weight is 236 g/mol. The SMILES string of the molecule is NC1CCC(=O)N(CCP(=O)(O)O)C1=O. The van der Waals surface area contributed by atoms with Gasteiger partial charge in [-0.3, -0.25) is 19.1 Å². The van der Waals surface area contributed by atoms with Crippen molar-refractivity contribution in [1.82, 2.24) is 4.90 Å². The Morgan fingerprint density at radius 1 is 1.47 bits per heavy atom. The molecule has 0 saturated carbocycles. The van der Waals surface area contributed by atoms with Crippen molar-refractivity contribution in [3.05, 3.63) is 0 Å². The van der Waals surface area contributed by atoms with Gasteiger partial charge in [0.2, 0.25) is 11.8 Å². The summed E-state index contributed by atoms with van der Waals surface area (Å²) in [6.07, 6.45) is -0.0741. The molecular weight excluding hydrogens is 223 g/mol. The third kappa shape index (κ3) is 3.39. The van der Waals surface area contributed by atoms with E-state index < -0.39 is 31.6 Å². The third-order valence-corrected chi connectivity index (χ3v) is 2.95. The second-order valence-corrected chi connectivity index (χ2v) is 5.19. The van der Waals surface area contributed by atoms with Gasteiger partial charge >= 0.3 is 7.60 Å². The largest absolute Gasteiger partial charge is 0.327 e. The monoisotopic (exact) mass is 236 g/mol. The molecule has 0 aromatic carbocycles. The minimum atomic E-state index is -4.19. The Bertz CT molecular complexity index is 325. The molecule has 1 rings (SSSR count). The lowest BCUT2D eigenvalue weighted by Crippen LogP contribution is -2.52. The smallest absolute Gasteiger partial charge is 0.324 e. The summed E-state index contributed by atoms with van der Waals surface area (Å²) in [5, 5.41) is 0. The fourth-order valence-electron chi connectivity index (χ4n) is 1.33. The quantitative estimate of drug-likeness (QED) is 0.411. The molecular formula is C7H13N2O5P. The lowest BCUT2D eigenvalue weighted by atomic mass is 10.1. The molecule has 1 aliphatic rings. The van der Waals surface area contributed by atoms with Crippen LogP contribution in [0.2, 0.25) is 0 Å². The number of hydrogen-bond donors (Lipinski definition) is 3. The molecule has 0 aromatic heterocycles. The molecule has 1 aliphatic heterocycles. The first-order valence-electron chi connectivity index (χ1n) is 4.45. The summed E-state index contributed by atoms with van der Waals surface area (Å²) in [5.41, 5.74) is 5.43. The van der Waals surface area contributed by atoms with E-state index in [4.69, 9.17) is 15.5 Å². The summed E-state index contributed by atoms with van der Waals surface area (Å²) >= 11 is 0. The number of rotatable bonds is 3. The van der Waals surface area contributed by atoms with E-state index in [0.717, 1.165) is 4.90 Å². The zero-order chi connectivity index (χ0) is 11.6. The number of likely N-dealkylation sites (tertiary alicyclic amines) is 1. The number of nitrogens with zero attached hydrogens (tertiary/aromatic N) is 1. The first-order valence-corrected chi connectivity index (χ1v) is 6.25. The predicted molar refractivity (Wildman–Crippen MR) is 50.8 cm³/mol. The molecule has 2 amide bonds. The maximum Gasteiger partial charge on any atom is 0.327 e. The molecule has 0 radical (unpaired) electrons. The molecule has 86 valence electrons. The Morgan fingerprint density at radius 3 is 2.60 bits per heavy atom. The first-order chi connectivity index (χ1) is 6.81. The van der Waals surface area contributed by atoms with Crippen LogP contribution in [0.5, 0.6) is 0 Å². The van der Waals surface area contributed by atoms with E-state index in [1.54, 1.807) is 0 Å². The second-order valence-electron chi connectivity index (χ2n) is 3.42. The highest BCUT2D eigenvalue weighted by Crippen LogP contribution is 2.34. The lowest BCUT2D eigenvalue weighted by molar-refractivity contribution is -0.148. The topological polar surface area (TPSA) is 121 Å². The molecule has 1 unspecified atom stereocenters. The fraction of sp³-hybridized carbons (Fsp3) is 0.714. The summed E-state index contributed by atoms with van der Waals surface area (Å²) < 4.78 is 10.6. The normalized spacial score (nSPS) is 23.4. The molecule has 1 heterocycles. The average Bonchev–Trinajstić information content (AvgIpc) is 2.10. The summed E-state index contributed by atoms with van der Waals surface area (Å²) in [6, 6.07) is -0.737. The molecule has 1 atom stereocenters. The predicted octanol–water partition coefficient (Wildman–Crippen LogP) is -1.36. The maximum atomic E-state index is 11.4. The van der Waals surface area contributed by atoms with E-state index in [-0.39, 0.29) is 13.0 Å². The Labute approximate surface area is 86.4 Å². The number of carbonyl (C=O) groups is 2. The minimum absolute atomic E-state index is 0.147. The van der Waals surface area contributed by atoms with Crippen LogP contribution in [0.15, 0.2) is 0 Å². The van der Waals surface area contributed by atoms with E-state index in [0.29, 0.717) is 6.42 Å². The molecule has 0 aromatic rings. The van der Waals surface area contributed by atoms with Crippen molar-refractivity contribution >= 4 is 19.4 Å². The zero-order valence-electron chi connectivity index (χ0n) is 8.00. The number of nitrogens with two attached hydrogens (primary N) is 1. The molecule has 4 N–H and O–H groups in total. The van der Waals surface area contributed by atoms with Gasteiger partial charge in [0, 0.05) is 13.0 Å². The number of amides is 2. The Hall–Kier alpha value is -0.750. The van der Waals surface area contributed by atoms with Crippen LogP contribution in [0.4, 0.5) is 0 Å². The number of carbonyl (C=O) groups excluding carboxylic acids is 2. The highest BCUT2D eigenvalue weighted by molar-refractivity contribution is 7.51. The molecule has 0 spiro atoms. The van der Waals surface area contributed by atoms with Gasteiger partial charge in [-0.1, -0.05) is 0 Å². The van der Waals surface area contributed by atoms with Gasteiger partial charge < -0.3 is 15.5 Å². The zero-order valence-corrected chi connectivity index (χ0v) is 8.89. The number of imide groups is 1. The van der Waals surface area contributed by atoms with Crippen molar-refractivity contribution in [3.8, 4) is 0 Å². The van der Waals surface area contributed by atoms with Crippen LogP contribution >= 0.6 is 7.60 Å². The van der Waals surface area contributed by atoms with Crippen LogP contribution in [0, 0.1) is 0 Å². The Kier molecular flexibility index (Phi) is 3.62. The van der Waals surface area contributed by atoms with E-state index in [2.05, 4.69) is 0 Å². The van der Waals surface area contributed by atoms with Crippen LogP contribution in [0.3, 0.4) is 0 Å². The number of piperidine rings is 1. The minimum Gasteiger partial charge on any atom is -0.324 e. The van der Waals surface area contributed by atoms with E-state index in [1.807, 2.05) is 0 Å². The highest BCUT2D eigenvalue weighted by atomic mass is 31.2. The van der Waals surface area contributed by atoms with Gasteiger partial charge in [-0.25, -0.2) is 0 Å². The number of hydrogen-bond acceptors (Lipinski definition) is 4. The van der Waals surface area contributed by atoms with Crippen molar-refractivity contribution in [3.63, 3.8) is 0 Å². The van der Waals surface area contributed by atoms with Crippen molar-refractivity contribution in [2.75, 3.05) is 12.7 Å². The van der Waals surface area contributed by atoms with Gasteiger partial charge in [-0.2, -0.15) is 0 Å². The van der Waals surface area contributed by atoms with Crippen molar-refractivity contribution < 1.29 is 23.9 Å². The molecule has 15 heavy (non-hydrogen) atoms. The van der Waals surface area contributed by atoms with E-state index in [1.165, 1.54) is 0 Å². The van der Waals surface area contributed by atoms with Crippen LogP contribution in [0.1, 0.15) is 12.8 Å². The molecule has 1 saturated heterocycles. The Balaban J connectivity index is 2.62. The van der Waals surface area contributed by atoms with Gasteiger partial charge in [0.1, 0.15) is 0 Å². The van der Waals surface area contributed by atoms with E-state index in [9.17, 15) is 14.2 Å². The van der Waals surface area contributed by atoms with E-state index >= 15 is 0 Å². The standard InChI is InChI=1S/C7H13N2O5P/c8-5-1-2-6(10)9(7(5)11)3-4-15(12,13)14/h5H,1-4,8H2,(H2,12,13,14). The molecule has 1 fully saturated rings. The summed E-state index contributed by atoms with van der Waals surface area (Å²) in [7, 11) is -4.19. The van der Waals surface area contributed by atoms with Gasteiger partial charge in [0.15, 0.2) is 0 Å². The van der Waals surface area contributed by atoms with Crippen LogP contribution < -0.4 is 5.73 Å². The highest BCUT2D eigenvalue weighted by Gasteiger charge is 2.32. The van der Waals surface area contributed by atoms with Crippen molar-refractivity contribution in [2.45, 2.75) is 18.9 Å². The summed E-state index contributed by atoms with van der Waals surface area (Å²) in [5.74, 6) is -0.977. The molecule has 0 aliphatic carbocycles. The molecule has 8 heteroatoms. The second kappa shape index (κ2) is 4.40. The Morgan fingerprint density at radius 2 is 2.07 bits per heavy atom. The van der Waals surface area contributed by atoms with Crippen LogP contribution in [-0.2, 0) is 14.2 Å². The maximum absolute atomic E-state index is 11.4. The van der Waals surface area contributed by atoms with Crippen LogP contribution in [0.25, 0.3) is 0 Å².